The fourth-order valence-corrected chi connectivity index (χ4v) is 4.16. The van der Waals surface area contributed by atoms with Crippen LogP contribution >= 0.6 is 0 Å². The van der Waals surface area contributed by atoms with Gasteiger partial charge in [0, 0.05) is 0 Å². The zero-order valence-corrected chi connectivity index (χ0v) is 13.2. The van der Waals surface area contributed by atoms with E-state index in [9.17, 15) is 4.80 Å². The second-order valence-corrected chi connectivity index (χ2v) is 7.87. The molecule has 0 aliphatic heterocycles. The molecule has 1 N–H and O–H groups in total. The number of rotatable bonds is 8. The largest absolute Gasteiger partial charge is 0.435 e. The highest BCUT2D eigenvalue weighted by Gasteiger charge is 2.07. The first-order valence-corrected chi connectivity index (χ1v) is 9.75. The fraction of sp³-hybridized carbons (Fsp3) is 0.333. The van der Waals surface area contributed by atoms with Crippen LogP contribution in [0.15, 0.2) is 60.7 Å². The Balaban J connectivity index is 1.58. The summed E-state index contributed by atoms with van der Waals surface area (Å²) < 4.78 is 0. The van der Waals surface area contributed by atoms with Gasteiger partial charge in [0.1, 0.15) is 0 Å². The van der Waals surface area contributed by atoms with Crippen LogP contribution in [-0.4, -0.2) is 13.8 Å². The highest BCUT2D eigenvalue weighted by atomic mass is 28.3. The summed E-state index contributed by atoms with van der Waals surface area (Å²) >= 11 is 0. The summed E-state index contributed by atoms with van der Waals surface area (Å²) in [6.07, 6.45) is 4.46. The molecule has 0 heterocycles. The molecule has 2 heteroatoms. The van der Waals surface area contributed by atoms with Gasteiger partial charge in [0.2, 0.25) is 0 Å². The lowest BCUT2D eigenvalue weighted by Gasteiger charge is -2.08. The second-order valence-electron chi connectivity index (χ2n) is 5.41. The number of hydrogen-bond donors (Lipinski definition) is 1. The van der Waals surface area contributed by atoms with Crippen LogP contribution in [0.1, 0.15) is 24.0 Å². The topological polar surface area (TPSA) is 20.2 Å². The molecule has 106 valence electrons. The van der Waals surface area contributed by atoms with Crippen LogP contribution in [0, 0.1) is 0 Å². The van der Waals surface area contributed by atoms with Gasteiger partial charge in [0.15, 0.2) is 9.04 Å². The Hall–Kier alpha value is -1.38. The van der Waals surface area contributed by atoms with Crippen LogP contribution in [0.4, 0.5) is 0 Å². The molecule has 0 aliphatic carbocycles. The first-order chi connectivity index (χ1) is 9.84. The summed E-state index contributed by atoms with van der Waals surface area (Å²) in [4.78, 5) is 10.1. The monoisotopic (exact) mass is 284 g/mol. The molecule has 0 aromatic heterocycles. The van der Waals surface area contributed by atoms with E-state index in [0.717, 1.165) is 37.8 Å². The molecular formula is C18H24OSi. The lowest BCUT2D eigenvalue weighted by Crippen LogP contribution is -2.11. The Kier molecular flexibility index (Phi) is 6.55. The third kappa shape index (κ3) is 5.72. The van der Waals surface area contributed by atoms with Crippen LogP contribution in [0.5, 0.6) is 0 Å². The number of hydrogen-bond acceptors (Lipinski definition) is 1. The predicted molar refractivity (Wildman–Crippen MR) is 88.5 cm³/mol. The molecule has 2 rings (SSSR count). The van der Waals surface area contributed by atoms with Crippen molar-refractivity contribution in [3.05, 3.63) is 71.8 Å². The number of benzene rings is 2. The minimum atomic E-state index is -1.48. The van der Waals surface area contributed by atoms with Crippen LogP contribution in [0.25, 0.3) is 0 Å². The van der Waals surface area contributed by atoms with E-state index in [4.69, 9.17) is 0 Å². The second kappa shape index (κ2) is 8.72. The predicted octanol–water partition coefficient (Wildman–Crippen LogP) is 3.97. The van der Waals surface area contributed by atoms with Gasteiger partial charge in [-0.05, 0) is 48.9 Å². The third-order valence-electron chi connectivity index (χ3n) is 3.69. The summed E-state index contributed by atoms with van der Waals surface area (Å²) in [5, 5.41) is 0. The van der Waals surface area contributed by atoms with Crippen LogP contribution < -0.4 is 0 Å². The molecule has 0 spiro atoms. The van der Waals surface area contributed by atoms with Crippen LogP contribution in [-0.2, 0) is 12.8 Å². The lowest BCUT2D eigenvalue weighted by atomic mass is 10.1. The molecule has 0 saturated heterocycles. The quantitative estimate of drug-likeness (QED) is 0.727. The molecule has 0 fully saturated rings. The molecule has 0 unspecified atom stereocenters. The van der Waals surface area contributed by atoms with Crippen LogP contribution in [0.3, 0.4) is 0 Å². The van der Waals surface area contributed by atoms with Gasteiger partial charge < -0.3 is 4.80 Å². The molecule has 0 atom stereocenters. The molecule has 0 radical (unpaired) electrons. The van der Waals surface area contributed by atoms with E-state index in [1.807, 2.05) is 0 Å². The molecule has 0 saturated carbocycles. The standard InChI is InChI=1S/C18H24OSi/c19-20(15-7-13-17-9-3-1-4-10-17)16-8-14-18-11-5-2-6-12-18/h1-6,9-12,19-20H,7-8,13-16H2. The summed E-state index contributed by atoms with van der Waals surface area (Å²) in [6, 6.07) is 23.2. The SMILES string of the molecule is O[SiH](CCCc1ccccc1)CCCc1ccccc1. The van der Waals surface area contributed by atoms with Crippen molar-refractivity contribution in [3.8, 4) is 0 Å². The van der Waals surface area contributed by atoms with Crippen molar-refractivity contribution in [3.63, 3.8) is 0 Å². The van der Waals surface area contributed by atoms with Gasteiger partial charge in [-0.15, -0.1) is 0 Å². The minimum Gasteiger partial charge on any atom is -0.435 e. The minimum absolute atomic E-state index is 1.05. The molecule has 20 heavy (non-hydrogen) atoms. The maximum absolute atomic E-state index is 10.1. The van der Waals surface area contributed by atoms with Crippen molar-refractivity contribution in [2.75, 3.05) is 0 Å². The Morgan fingerprint density at radius 3 is 1.45 bits per heavy atom. The summed E-state index contributed by atoms with van der Waals surface area (Å²) in [5.41, 5.74) is 2.77. The van der Waals surface area contributed by atoms with Gasteiger partial charge in [0.05, 0.1) is 0 Å². The zero-order chi connectivity index (χ0) is 14.0. The molecule has 0 aliphatic rings. The van der Waals surface area contributed by atoms with Crippen molar-refractivity contribution < 1.29 is 4.80 Å². The van der Waals surface area contributed by atoms with Crippen molar-refractivity contribution in [1.82, 2.24) is 0 Å². The van der Waals surface area contributed by atoms with Gasteiger partial charge in [-0.25, -0.2) is 0 Å². The Morgan fingerprint density at radius 2 is 1.05 bits per heavy atom. The van der Waals surface area contributed by atoms with Crippen molar-refractivity contribution >= 4 is 9.04 Å². The molecule has 2 aromatic carbocycles. The maximum Gasteiger partial charge on any atom is 0.172 e. The van der Waals surface area contributed by atoms with E-state index in [1.54, 1.807) is 0 Å². The van der Waals surface area contributed by atoms with Crippen molar-refractivity contribution in [1.29, 1.82) is 0 Å². The molecule has 0 bridgehead atoms. The Morgan fingerprint density at radius 1 is 0.650 bits per heavy atom. The zero-order valence-electron chi connectivity index (χ0n) is 12.0. The third-order valence-corrected chi connectivity index (χ3v) is 5.84. The molecule has 0 amide bonds. The first kappa shape index (κ1) is 15.0. The van der Waals surface area contributed by atoms with E-state index in [1.165, 1.54) is 11.1 Å². The molecular weight excluding hydrogens is 260 g/mol. The highest BCUT2D eigenvalue weighted by Crippen LogP contribution is 2.11. The number of aryl methyl sites for hydroxylation is 2. The van der Waals surface area contributed by atoms with Gasteiger partial charge in [-0.1, -0.05) is 60.7 Å². The smallest absolute Gasteiger partial charge is 0.172 e. The fourth-order valence-electron chi connectivity index (χ4n) is 2.52. The summed E-state index contributed by atoms with van der Waals surface area (Å²) in [7, 11) is -1.48. The maximum atomic E-state index is 10.1. The van der Waals surface area contributed by atoms with Gasteiger partial charge >= 0.3 is 0 Å². The lowest BCUT2D eigenvalue weighted by molar-refractivity contribution is 0.556. The molecule has 1 nitrogen and oxygen atoms in total. The van der Waals surface area contributed by atoms with Gasteiger partial charge in [0.25, 0.3) is 0 Å². The highest BCUT2D eigenvalue weighted by molar-refractivity contribution is 6.50. The van der Waals surface area contributed by atoms with E-state index in [0.29, 0.717) is 0 Å². The molecule has 2 aromatic rings. The van der Waals surface area contributed by atoms with Crippen molar-refractivity contribution in [2.24, 2.45) is 0 Å². The normalized spacial score (nSPS) is 10.9. The van der Waals surface area contributed by atoms with E-state index < -0.39 is 9.04 Å². The van der Waals surface area contributed by atoms with Crippen LogP contribution in [0.2, 0.25) is 12.1 Å². The van der Waals surface area contributed by atoms with E-state index >= 15 is 0 Å². The average molecular weight is 284 g/mol. The van der Waals surface area contributed by atoms with Crippen molar-refractivity contribution in [2.45, 2.75) is 37.8 Å². The summed E-state index contributed by atoms with van der Waals surface area (Å²) in [5.74, 6) is 0. The first-order valence-electron chi connectivity index (χ1n) is 7.60. The Labute approximate surface area is 124 Å². The Bertz CT molecular complexity index is 424. The van der Waals surface area contributed by atoms with E-state index in [-0.39, 0.29) is 0 Å². The van der Waals surface area contributed by atoms with Gasteiger partial charge in [-0.3, -0.25) is 0 Å². The van der Waals surface area contributed by atoms with E-state index in [2.05, 4.69) is 60.7 Å². The van der Waals surface area contributed by atoms with Gasteiger partial charge in [-0.2, -0.15) is 0 Å². The summed E-state index contributed by atoms with van der Waals surface area (Å²) in [6.45, 7) is 0. The average Bonchev–Trinajstić information content (AvgIpc) is 2.49.